The summed E-state index contributed by atoms with van der Waals surface area (Å²) in [5.74, 6) is -5.23. The normalized spacial score (nSPS) is 15.1. The van der Waals surface area contributed by atoms with Crippen LogP contribution in [0.4, 0.5) is 0 Å². The molecule has 0 aliphatic rings. The molecule has 0 saturated heterocycles. The Morgan fingerprint density at radius 3 is 1.92 bits per heavy atom. The zero-order valence-corrected chi connectivity index (χ0v) is 21.0. The van der Waals surface area contributed by atoms with Crippen molar-refractivity contribution in [3.63, 3.8) is 0 Å². The summed E-state index contributed by atoms with van der Waals surface area (Å²) < 4.78 is 0. The van der Waals surface area contributed by atoms with Crippen molar-refractivity contribution in [1.29, 1.82) is 0 Å². The number of carbonyl (C=O) groups is 5. The fourth-order valence-electron chi connectivity index (χ4n) is 3.41. The molecule has 13 heteroatoms. The van der Waals surface area contributed by atoms with Crippen LogP contribution in [0.25, 0.3) is 0 Å². The van der Waals surface area contributed by atoms with Gasteiger partial charge in [-0.05, 0) is 49.8 Å². The predicted molar refractivity (Wildman–Crippen MR) is 131 cm³/mol. The SMILES string of the molecule is CC(C)CC(NC(=O)C(NC(=O)C(CCC(=O)O)NC(=O)C(N)Cc1ccc(O)cc1)C(C)O)C(=O)O. The second-order valence-electron chi connectivity index (χ2n) is 9.23. The average Bonchev–Trinajstić information content (AvgIpc) is 2.79. The molecule has 5 unspecified atom stereocenters. The molecule has 9 N–H and O–H groups in total. The number of aromatic hydroxyl groups is 1. The van der Waals surface area contributed by atoms with E-state index in [-0.39, 0.29) is 30.9 Å². The van der Waals surface area contributed by atoms with Crippen LogP contribution < -0.4 is 21.7 Å². The van der Waals surface area contributed by atoms with Gasteiger partial charge in [-0.25, -0.2) is 4.79 Å². The molecule has 0 spiro atoms. The first kappa shape index (κ1) is 31.3. The molecule has 0 saturated carbocycles. The summed E-state index contributed by atoms with van der Waals surface area (Å²) in [6.45, 7) is 4.73. The van der Waals surface area contributed by atoms with Crippen molar-refractivity contribution in [2.24, 2.45) is 11.7 Å². The molecule has 37 heavy (non-hydrogen) atoms. The Morgan fingerprint density at radius 2 is 1.43 bits per heavy atom. The van der Waals surface area contributed by atoms with Crippen LogP contribution in [0.2, 0.25) is 0 Å². The van der Waals surface area contributed by atoms with Crippen LogP contribution in [0.5, 0.6) is 5.75 Å². The van der Waals surface area contributed by atoms with Gasteiger partial charge < -0.3 is 42.1 Å². The highest BCUT2D eigenvalue weighted by atomic mass is 16.4. The zero-order chi connectivity index (χ0) is 28.3. The highest BCUT2D eigenvalue weighted by Gasteiger charge is 2.33. The lowest BCUT2D eigenvalue weighted by Crippen LogP contribution is -2.60. The number of hydrogen-bond donors (Lipinski definition) is 8. The highest BCUT2D eigenvalue weighted by Crippen LogP contribution is 2.11. The summed E-state index contributed by atoms with van der Waals surface area (Å²) in [5.41, 5.74) is 6.56. The van der Waals surface area contributed by atoms with E-state index < -0.39 is 66.4 Å². The van der Waals surface area contributed by atoms with E-state index in [1.807, 2.05) is 0 Å². The van der Waals surface area contributed by atoms with Gasteiger partial charge in [0, 0.05) is 6.42 Å². The number of benzene rings is 1. The van der Waals surface area contributed by atoms with Crippen molar-refractivity contribution >= 4 is 29.7 Å². The van der Waals surface area contributed by atoms with Crippen LogP contribution in [0.1, 0.15) is 45.6 Å². The predicted octanol–water partition coefficient (Wildman–Crippen LogP) is -0.907. The molecule has 0 fully saturated rings. The molecule has 13 nitrogen and oxygen atoms in total. The Labute approximate surface area is 214 Å². The Morgan fingerprint density at radius 1 is 0.865 bits per heavy atom. The summed E-state index contributed by atoms with van der Waals surface area (Å²) in [6, 6.07) is 0.602. The smallest absolute Gasteiger partial charge is 0.326 e. The lowest BCUT2D eigenvalue weighted by atomic mass is 10.0. The molecule has 0 bridgehead atoms. The molecule has 1 rings (SSSR count). The van der Waals surface area contributed by atoms with E-state index in [2.05, 4.69) is 16.0 Å². The van der Waals surface area contributed by atoms with Gasteiger partial charge in [0.25, 0.3) is 0 Å². The number of aliphatic carboxylic acids is 2. The Hall–Kier alpha value is -3.71. The van der Waals surface area contributed by atoms with Gasteiger partial charge in [0.1, 0.15) is 23.9 Å². The molecule has 3 amide bonds. The van der Waals surface area contributed by atoms with Crippen molar-refractivity contribution in [3.05, 3.63) is 29.8 Å². The van der Waals surface area contributed by atoms with E-state index in [1.165, 1.54) is 19.1 Å². The maximum absolute atomic E-state index is 12.9. The number of aliphatic hydroxyl groups is 1. The molecule has 1 aromatic rings. The minimum absolute atomic E-state index is 0.0303. The summed E-state index contributed by atoms with van der Waals surface area (Å²) in [6.07, 6.45) is -2.10. The topological polar surface area (TPSA) is 228 Å². The van der Waals surface area contributed by atoms with Gasteiger partial charge in [0.2, 0.25) is 17.7 Å². The minimum atomic E-state index is -1.57. The first-order chi connectivity index (χ1) is 17.2. The number of carboxylic acids is 2. The number of nitrogens with two attached hydrogens (primary N) is 1. The number of phenolic OH excluding ortho intramolecular Hbond substituents is 1. The zero-order valence-electron chi connectivity index (χ0n) is 21.0. The third-order valence-electron chi connectivity index (χ3n) is 5.39. The number of aliphatic hydroxyl groups excluding tert-OH is 1. The molecule has 0 aliphatic heterocycles. The maximum atomic E-state index is 12.9. The van der Waals surface area contributed by atoms with E-state index in [1.54, 1.807) is 26.0 Å². The van der Waals surface area contributed by atoms with Crippen molar-refractivity contribution in [2.75, 3.05) is 0 Å². The van der Waals surface area contributed by atoms with E-state index in [4.69, 9.17) is 10.8 Å². The standard InChI is InChI=1S/C24H36N4O9/c1-12(2)10-18(24(36)37)27-23(35)20(13(3)29)28-22(34)17(8-9-19(31)32)26-21(33)16(25)11-14-4-6-15(30)7-5-14/h4-7,12-13,16-18,20,29-30H,8-11,25H2,1-3H3,(H,26,33)(H,27,35)(H,28,34)(H,31,32)(H,36,37). The van der Waals surface area contributed by atoms with Crippen LogP contribution in [-0.4, -0.2) is 80.4 Å². The van der Waals surface area contributed by atoms with E-state index in [0.717, 1.165) is 0 Å². The second-order valence-corrected chi connectivity index (χ2v) is 9.23. The molecule has 206 valence electrons. The summed E-state index contributed by atoms with van der Waals surface area (Å²) in [4.78, 5) is 60.8. The lowest BCUT2D eigenvalue weighted by molar-refractivity contribution is -0.143. The largest absolute Gasteiger partial charge is 0.508 e. The maximum Gasteiger partial charge on any atom is 0.326 e. The van der Waals surface area contributed by atoms with Crippen LogP contribution in [0.3, 0.4) is 0 Å². The first-order valence-electron chi connectivity index (χ1n) is 11.8. The monoisotopic (exact) mass is 524 g/mol. The fourth-order valence-corrected chi connectivity index (χ4v) is 3.41. The molecular formula is C24H36N4O9. The van der Waals surface area contributed by atoms with Gasteiger partial charge in [0.15, 0.2) is 0 Å². The minimum Gasteiger partial charge on any atom is -0.508 e. The Balaban J connectivity index is 2.97. The van der Waals surface area contributed by atoms with Gasteiger partial charge in [-0.15, -0.1) is 0 Å². The van der Waals surface area contributed by atoms with Gasteiger partial charge in [0.05, 0.1) is 12.1 Å². The van der Waals surface area contributed by atoms with E-state index >= 15 is 0 Å². The van der Waals surface area contributed by atoms with Gasteiger partial charge >= 0.3 is 11.9 Å². The quantitative estimate of drug-likeness (QED) is 0.141. The van der Waals surface area contributed by atoms with E-state index in [0.29, 0.717) is 5.56 Å². The average molecular weight is 525 g/mol. The number of phenols is 1. The molecule has 5 atom stereocenters. The fraction of sp³-hybridized carbons (Fsp3) is 0.542. The number of amides is 3. The van der Waals surface area contributed by atoms with Gasteiger partial charge in [-0.1, -0.05) is 26.0 Å². The van der Waals surface area contributed by atoms with Crippen LogP contribution in [0.15, 0.2) is 24.3 Å². The number of carboxylic acid groups (broad SMARTS) is 2. The lowest BCUT2D eigenvalue weighted by Gasteiger charge is -2.26. The summed E-state index contributed by atoms with van der Waals surface area (Å²) >= 11 is 0. The highest BCUT2D eigenvalue weighted by molar-refractivity contribution is 5.94. The molecule has 0 aromatic heterocycles. The second kappa shape index (κ2) is 14.8. The number of carbonyl (C=O) groups excluding carboxylic acids is 3. The molecule has 0 heterocycles. The van der Waals surface area contributed by atoms with Crippen LogP contribution in [0, 0.1) is 5.92 Å². The number of nitrogens with one attached hydrogen (secondary N) is 3. The number of rotatable bonds is 15. The molecule has 0 radical (unpaired) electrons. The van der Waals surface area contributed by atoms with Crippen LogP contribution >= 0.6 is 0 Å². The van der Waals surface area contributed by atoms with Crippen molar-refractivity contribution in [3.8, 4) is 5.75 Å². The Bertz CT molecular complexity index is 950. The van der Waals surface area contributed by atoms with Crippen LogP contribution in [-0.2, 0) is 30.4 Å². The summed E-state index contributed by atoms with van der Waals surface area (Å²) in [7, 11) is 0. The number of hydrogen-bond acceptors (Lipinski definition) is 8. The van der Waals surface area contributed by atoms with E-state index in [9.17, 15) is 39.3 Å². The first-order valence-corrected chi connectivity index (χ1v) is 11.8. The molecule has 0 aliphatic carbocycles. The third-order valence-corrected chi connectivity index (χ3v) is 5.39. The Kier molecular flexibility index (Phi) is 12.5. The van der Waals surface area contributed by atoms with Crippen molar-refractivity contribution in [1.82, 2.24) is 16.0 Å². The van der Waals surface area contributed by atoms with Gasteiger partial charge in [-0.2, -0.15) is 0 Å². The van der Waals surface area contributed by atoms with Crippen molar-refractivity contribution in [2.45, 2.75) is 76.7 Å². The van der Waals surface area contributed by atoms with Crippen molar-refractivity contribution < 1.29 is 44.4 Å². The summed E-state index contributed by atoms with van der Waals surface area (Å²) in [5, 5.41) is 44.8. The third kappa shape index (κ3) is 11.3. The van der Waals surface area contributed by atoms with Gasteiger partial charge in [-0.3, -0.25) is 19.2 Å². The molecule has 1 aromatic carbocycles. The molecular weight excluding hydrogens is 488 g/mol.